The summed E-state index contributed by atoms with van der Waals surface area (Å²) in [5.74, 6) is 0. The topological polar surface area (TPSA) is 44.9 Å². The van der Waals surface area contributed by atoms with Gasteiger partial charge in [-0.3, -0.25) is 0 Å². The number of aromatic nitrogens is 2. The Hall–Kier alpha value is -1.22. The minimum atomic E-state index is 0.425. The maximum Gasteiger partial charge on any atom is 0.184 e. The van der Waals surface area contributed by atoms with E-state index in [1.807, 2.05) is 22.5 Å². The van der Waals surface area contributed by atoms with E-state index in [0.29, 0.717) is 6.54 Å². The maximum absolute atomic E-state index is 8.69. The van der Waals surface area contributed by atoms with Crippen molar-refractivity contribution in [3.05, 3.63) is 23.2 Å². The largest absolute Gasteiger partial charge is 0.317 e. The van der Waals surface area contributed by atoms with E-state index in [2.05, 4.69) is 15.6 Å². The van der Waals surface area contributed by atoms with Crippen LogP contribution < -0.4 is 0 Å². The molecule has 86 valence electrons. The van der Waals surface area contributed by atoms with Gasteiger partial charge in [0.15, 0.2) is 5.16 Å². The Balaban J connectivity index is 2.05. The Morgan fingerprint density at radius 1 is 1.47 bits per heavy atom. The molecule has 1 aromatic heterocycles. The Bertz CT molecular complexity index is 616. The summed E-state index contributed by atoms with van der Waals surface area (Å²) >= 11 is 7.53. The first-order valence-electron chi connectivity index (χ1n) is 5.23. The molecular weight excluding hydrogens is 256 g/mol. The van der Waals surface area contributed by atoms with Crippen LogP contribution in [0.4, 0.5) is 0 Å². The van der Waals surface area contributed by atoms with Crippen LogP contribution in [0.25, 0.3) is 11.0 Å². The van der Waals surface area contributed by atoms with Gasteiger partial charge >= 0.3 is 0 Å². The van der Waals surface area contributed by atoms with Crippen LogP contribution in [-0.2, 0) is 6.54 Å². The van der Waals surface area contributed by atoms with Gasteiger partial charge in [0.05, 0.1) is 23.6 Å². The fourth-order valence-electron chi connectivity index (χ4n) is 1.92. The maximum atomic E-state index is 8.69. The number of fused-ring (bicyclic) bond motifs is 3. The molecule has 0 unspecified atom stereocenters. The minimum absolute atomic E-state index is 0.425. The lowest BCUT2D eigenvalue weighted by Gasteiger charge is -2.23. The second-order valence-electron chi connectivity index (χ2n) is 3.79. The van der Waals surface area contributed by atoms with Crippen molar-refractivity contribution in [2.45, 2.75) is 11.7 Å². The molecule has 1 aromatic carbocycles. The molecule has 0 fully saturated rings. The highest BCUT2D eigenvalue weighted by atomic mass is 35.5. The number of halogens is 1. The van der Waals surface area contributed by atoms with Crippen LogP contribution in [0.2, 0.25) is 5.02 Å². The third-order valence-corrected chi connectivity index (χ3v) is 3.99. The molecule has 4 nitrogen and oxygen atoms in total. The van der Waals surface area contributed by atoms with Gasteiger partial charge in [-0.2, -0.15) is 5.26 Å². The van der Waals surface area contributed by atoms with Gasteiger partial charge in [0, 0.05) is 18.1 Å². The van der Waals surface area contributed by atoms with Gasteiger partial charge in [-0.05, 0) is 30.1 Å². The molecule has 2 aromatic rings. The third kappa shape index (κ3) is 1.89. The summed E-state index contributed by atoms with van der Waals surface area (Å²) in [5.41, 5.74) is 2.02. The van der Waals surface area contributed by atoms with Gasteiger partial charge < -0.3 is 4.57 Å². The number of hydrogen-bond acceptors (Lipinski definition) is 4. The molecule has 3 rings (SSSR count). The molecule has 2 heterocycles. The third-order valence-electron chi connectivity index (χ3n) is 2.71. The van der Waals surface area contributed by atoms with Crippen molar-refractivity contribution >= 4 is 34.6 Å². The molecule has 0 saturated heterocycles. The molecule has 0 bridgehead atoms. The zero-order chi connectivity index (χ0) is 11.8. The molecule has 17 heavy (non-hydrogen) atoms. The SMILES string of the molecule is N#CCN1CCn2c(nc3ccc(Cl)cc32)S1. The molecular formula is C11H9ClN4S. The van der Waals surface area contributed by atoms with Crippen LogP contribution >= 0.6 is 23.5 Å². The van der Waals surface area contributed by atoms with Crippen molar-refractivity contribution in [1.82, 2.24) is 13.9 Å². The van der Waals surface area contributed by atoms with Gasteiger partial charge in [0.25, 0.3) is 0 Å². The fraction of sp³-hybridized carbons (Fsp3) is 0.273. The lowest BCUT2D eigenvalue weighted by Crippen LogP contribution is -2.26. The van der Waals surface area contributed by atoms with Gasteiger partial charge in [0.1, 0.15) is 0 Å². The van der Waals surface area contributed by atoms with E-state index in [9.17, 15) is 0 Å². The molecule has 0 atom stereocenters. The second kappa shape index (κ2) is 4.22. The second-order valence-corrected chi connectivity index (χ2v) is 5.29. The van der Waals surface area contributed by atoms with E-state index < -0.39 is 0 Å². The first kappa shape index (κ1) is 10.9. The smallest absolute Gasteiger partial charge is 0.184 e. The number of rotatable bonds is 1. The summed E-state index contributed by atoms with van der Waals surface area (Å²) in [6.45, 7) is 2.12. The Labute approximate surface area is 108 Å². The molecule has 0 N–H and O–H groups in total. The first-order chi connectivity index (χ1) is 8.28. The molecule has 0 radical (unpaired) electrons. The van der Waals surface area contributed by atoms with Crippen LogP contribution in [0.1, 0.15) is 0 Å². The van der Waals surface area contributed by atoms with Crippen molar-refractivity contribution in [3.63, 3.8) is 0 Å². The highest BCUT2D eigenvalue weighted by Crippen LogP contribution is 2.31. The predicted octanol–water partition coefficient (Wildman–Crippen LogP) is 2.54. The van der Waals surface area contributed by atoms with Gasteiger partial charge in [-0.25, -0.2) is 9.29 Å². The minimum Gasteiger partial charge on any atom is -0.317 e. The van der Waals surface area contributed by atoms with Crippen molar-refractivity contribution in [2.75, 3.05) is 13.1 Å². The quantitative estimate of drug-likeness (QED) is 0.587. The van der Waals surface area contributed by atoms with E-state index in [4.69, 9.17) is 16.9 Å². The molecule has 1 aliphatic heterocycles. The Morgan fingerprint density at radius 2 is 2.35 bits per heavy atom. The fourth-order valence-corrected chi connectivity index (χ4v) is 3.04. The van der Waals surface area contributed by atoms with Crippen LogP contribution in [0.15, 0.2) is 23.4 Å². The van der Waals surface area contributed by atoms with Crippen LogP contribution in [0.5, 0.6) is 0 Å². The van der Waals surface area contributed by atoms with E-state index in [1.165, 1.54) is 11.9 Å². The molecule has 0 aliphatic carbocycles. The van der Waals surface area contributed by atoms with Crippen LogP contribution in [0.3, 0.4) is 0 Å². The predicted molar refractivity (Wildman–Crippen MR) is 67.8 cm³/mol. The van der Waals surface area contributed by atoms with Gasteiger partial charge in [0.2, 0.25) is 0 Å². The van der Waals surface area contributed by atoms with Crippen molar-refractivity contribution < 1.29 is 0 Å². The van der Waals surface area contributed by atoms with E-state index in [0.717, 1.165) is 34.3 Å². The summed E-state index contributed by atoms with van der Waals surface area (Å²) in [7, 11) is 0. The summed E-state index contributed by atoms with van der Waals surface area (Å²) in [5, 5.41) is 10.4. The van der Waals surface area contributed by atoms with Crippen LogP contribution in [-0.4, -0.2) is 26.9 Å². The lowest BCUT2D eigenvalue weighted by molar-refractivity contribution is 0.442. The van der Waals surface area contributed by atoms with Gasteiger partial charge in [-0.15, -0.1) is 0 Å². The molecule has 1 aliphatic rings. The average molecular weight is 265 g/mol. The Morgan fingerprint density at radius 3 is 3.18 bits per heavy atom. The molecule has 0 amide bonds. The van der Waals surface area contributed by atoms with E-state index in [1.54, 1.807) is 0 Å². The molecule has 0 saturated carbocycles. The van der Waals surface area contributed by atoms with Crippen molar-refractivity contribution in [2.24, 2.45) is 0 Å². The van der Waals surface area contributed by atoms with Crippen LogP contribution in [0, 0.1) is 11.3 Å². The monoisotopic (exact) mass is 264 g/mol. The first-order valence-corrected chi connectivity index (χ1v) is 6.39. The number of nitriles is 1. The van der Waals surface area contributed by atoms with E-state index >= 15 is 0 Å². The molecule has 0 spiro atoms. The highest BCUT2D eigenvalue weighted by Gasteiger charge is 2.20. The summed E-state index contributed by atoms with van der Waals surface area (Å²) in [6, 6.07) is 7.87. The lowest BCUT2D eigenvalue weighted by atomic mass is 10.3. The zero-order valence-corrected chi connectivity index (χ0v) is 10.5. The summed E-state index contributed by atoms with van der Waals surface area (Å²) in [4.78, 5) is 4.54. The van der Waals surface area contributed by atoms with Crippen molar-refractivity contribution in [3.8, 4) is 6.07 Å². The highest BCUT2D eigenvalue weighted by molar-refractivity contribution is 7.96. The number of benzene rings is 1. The number of nitrogens with zero attached hydrogens (tertiary/aromatic N) is 4. The Kier molecular flexibility index (Phi) is 2.71. The summed E-state index contributed by atoms with van der Waals surface area (Å²) < 4.78 is 4.17. The average Bonchev–Trinajstić information content (AvgIpc) is 2.66. The number of imidazole rings is 1. The van der Waals surface area contributed by atoms with E-state index in [-0.39, 0.29) is 0 Å². The number of hydrogen-bond donors (Lipinski definition) is 0. The summed E-state index contributed by atoms with van der Waals surface area (Å²) in [6.07, 6.45) is 0. The molecule has 6 heteroatoms. The van der Waals surface area contributed by atoms with Crippen molar-refractivity contribution in [1.29, 1.82) is 5.26 Å². The standard InChI is InChI=1S/C11H9ClN4S/c12-8-1-2-9-10(7-8)16-6-5-15(4-3-13)17-11(16)14-9/h1-2,7H,4-6H2. The van der Waals surface area contributed by atoms with Gasteiger partial charge in [-0.1, -0.05) is 11.6 Å². The zero-order valence-electron chi connectivity index (χ0n) is 8.93. The normalized spacial score (nSPS) is 15.8.